The number of sulfonamides is 1. The van der Waals surface area contributed by atoms with Crippen LogP contribution in [0.2, 0.25) is 0 Å². The first-order chi connectivity index (χ1) is 12.9. The van der Waals surface area contributed by atoms with Gasteiger partial charge in [-0.1, -0.05) is 30.3 Å². The summed E-state index contributed by atoms with van der Waals surface area (Å²) in [5, 5.41) is 1.21. The van der Waals surface area contributed by atoms with Gasteiger partial charge in [-0.2, -0.15) is 4.31 Å². The van der Waals surface area contributed by atoms with E-state index in [4.69, 9.17) is 4.74 Å². The molecule has 1 aliphatic heterocycles. The molecule has 144 valence electrons. The normalized spacial score (nSPS) is 16.8. The third-order valence-electron chi connectivity index (χ3n) is 4.48. The molecule has 4 nitrogen and oxygen atoms in total. The van der Waals surface area contributed by atoms with Gasteiger partial charge >= 0.3 is 0 Å². The maximum Gasteiger partial charge on any atom is 0.236 e. The SMILES string of the molecule is O=S(=O)(C=Cc1ccccc1)N1CCC(OCc2cc(F)ccc2F)CC1. The van der Waals surface area contributed by atoms with Crippen molar-refractivity contribution in [1.82, 2.24) is 4.31 Å². The highest BCUT2D eigenvalue weighted by atomic mass is 32.2. The number of benzene rings is 2. The van der Waals surface area contributed by atoms with Gasteiger partial charge in [0.25, 0.3) is 0 Å². The molecule has 0 aliphatic carbocycles. The summed E-state index contributed by atoms with van der Waals surface area (Å²) in [6.45, 7) is 0.629. The van der Waals surface area contributed by atoms with Crippen molar-refractivity contribution in [2.45, 2.75) is 25.6 Å². The summed E-state index contributed by atoms with van der Waals surface area (Å²) >= 11 is 0. The first kappa shape index (κ1) is 19.7. The summed E-state index contributed by atoms with van der Waals surface area (Å²) in [7, 11) is -3.50. The summed E-state index contributed by atoms with van der Waals surface area (Å²) < 4.78 is 58.7. The minimum Gasteiger partial charge on any atom is -0.373 e. The molecule has 1 saturated heterocycles. The van der Waals surface area contributed by atoms with Crippen molar-refractivity contribution in [1.29, 1.82) is 0 Å². The first-order valence-electron chi connectivity index (χ1n) is 8.73. The van der Waals surface area contributed by atoms with Crippen LogP contribution in [-0.2, 0) is 21.4 Å². The summed E-state index contributed by atoms with van der Waals surface area (Å²) in [5.41, 5.74) is 0.979. The van der Waals surface area contributed by atoms with Crippen molar-refractivity contribution >= 4 is 16.1 Å². The number of ether oxygens (including phenoxy) is 1. The van der Waals surface area contributed by atoms with Gasteiger partial charge in [-0.25, -0.2) is 17.2 Å². The van der Waals surface area contributed by atoms with Crippen molar-refractivity contribution in [3.05, 3.63) is 76.7 Å². The summed E-state index contributed by atoms with van der Waals surface area (Å²) in [5.74, 6) is -1.02. The molecule has 0 radical (unpaired) electrons. The fraction of sp³-hybridized carbons (Fsp3) is 0.300. The number of nitrogens with zero attached hydrogens (tertiary/aromatic N) is 1. The van der Waals surface area contributed by atoms with E-state index in [9.17, 15) is 17.2 Å². The molecule has 0 atom stereocenters. The molecule has 0 bridgehead atoms. The molecule has 0 unspecified atom stereocenters. The van der Waals surface area contributed by atoms with Gasteiger partial charge in [0, 0.05) is 24.1 Å². The van der Waals surface area contributed by atoms with E-state index in [1.54, 1.807) is 6.08 Å². The predicted molar refractivity (Wildman–Crippen MR) is 100 cm³/mol. The lowest BCUT2D eigenvalue weighted by Gasteiger charge is -2.30. The molecule has 0 N–H and O–H groups in total. The summed E-state index contributed by atoms with van der Waals surface area (Å²) in [4.78, 5) is 0. The van der Waals surface area contributed by atoms with Gasteiger partial charge in [-0.15, -0.1) is 0 Å². The van der Waals surface area contributed by atoms with E-state index in [0.29, 0.717) is 25.9 Å². The summed E-state index contributed by atoms with van der Waals surface area (Å²) in [6, 6.07) is 12.5. The van der Waals surface area contributed by atoms with Crippen molar-refractivity contribution in [2.75, 3.05) is 13.1 Å². The van der Waals surface area contributed by atoms with E-state index in [1.165, 1.54) is 9.71 Å². The minimum absolute atomic E-state index is 0.0328. The zero-order chi connectivity index (χ0) is 19.3. The Balaban J connectivity index is 1.52. The largest absolute Gasteiger partial charge is 0.373 e. The Morgan fingerprint density at radius 1 is 1.07 bits per heavy atom. The Hall–Kier alpha value is -2.09. The molecule has 1 fully saturated rings. The topological polar surface area (TPSA) is 46.6 Å². The van der Waals surface area contributed by atoms with E-state index in [-0.39, 0.29) is 18.3 Å². The highest BCUT2D eigenvalue weighted by Gasteiger charge is 2.26. The molecule has 0 amide bonds. The van der Waals surface area contributed by atoms with Crippen LogP contribution in [0.1, 0.15) is 24.0 Å². The molecular formula is C20H21F2NO3S. The molecule has 1 heterocycles. The standard InChI is InChI=1S/C20H21F2NO3S/c21-18-6-7-20(22)17(14-18)15-26-19-8-11-23(12-9-19)27(24,25)13-10-16-4-2-1-3-5-16/h1-7,10,13-14,19H,8-9,11-12,15H2. The molecule has 1 aliphatic rings. The third-order valence-corrected chi connectivity index (χ3v) is 6.04. The van der Waals surface area contributed by atoms with Crippen LogP contribution in [0.4, 0.5) is 8.78 Å². The van der Waals surface area contributed by atoms with E-state index >= 15 is 0 Å². The zero-order valence-corrected chi connectivity index (χ0v) is 15.5. The van der Waals surface area contributed by atoms with Crippen LogP contribution < -0.4 is 0 Å². The van der Waals surface area contributed by atoms with Crippen LogP contribution in [0.5, 0.6) is 0 Å². The maximum atomic E-state index is 13.6. The minimum atomic E-state index is -3.50. The molecule has 3 rings (SSSR count). The van der Waals surface area contributed by atoms with Gasteiger partial charge in [0.15, 0.2) is 0 Å². The monoisotopic (exact) mass is 393 g/mol. The smallest absolute Gasteiger partial charge is 0.236 e. The lowest BCUT2D eigenvalue weighted by Crippen LogP contribution is -2.39. The molecule has 7 heteroatoms. The van der Waals surface area contributed by atoms with Crippen molar-refractivity contribution in [2.24, 2.45) is 0 Å². The number of hydrogen-bond acceptors (Lipinski definition) is 3. The van der Waals surface area contributed by atoms with Crippen molar-refractivity contribution < 1.29 is 21.9 Å². The molecule has 0 spiro atoms. The van der Waals surface area contributed by atoms with Crippen LogP contribution in [0, 0.1) is 11.6 Å². The fourth-order valence-corrected chi connectivity index (χ4v) is 4.15. The van der Waals surface area contributed by atoms with Gasteiger partial charge in [0.05, 0.1) is 12.7 Å². The second-order valence-corrected chi connectivity index (χ2v) is 8.22. The molecule has 0 saturated carbocycles. The quantitative estimate of drug-likeness (QED) is 0.747. The Kier molecular flexibility index (Phi) is 6.36. The number of rotatable bonds is 6. The van der Waals surface area contributed by atoms with Crippen LogP contribution in [0.25, 0.3) is 6.08 Å². The van der Waals surface area contributed by atoms with Gasteiger partial charge in [0.1, 0.15) is 11.6 Å². The first-order valence-corrected chi connectivity index (χ1v) is 10.2. The van der Waals surface area contributed by atoms with Gasteiger partial charge in [0.2, 0.25) is 10.0 Å². The van der Waals surface area contributed by atoms with Crippen LogP contribution in [-0.4, -0.2) is 31.9 Å². The van der Waals surface area contributed by atoms with E-state index < -0.39 is 21.7 Å². The van der Waals surface area contributed by atoms with Crippen LogP contribution in [0.15, 0.2) is 53.9 Å². The predicted octanol–water partition coefficient (Wildman–Crippen LogP) is 3.95. The van der Waals surface area contributed by atoms with Crippen molar-refractivity contribution in [3.8, 4) is 0 Å². The molecular weight excluding hydrogens is 372 g/mol. The molecule has 0 aromatic heterocycles. The van der Waals surface area contributed by atoms with Crippen LogP contribution >= 0.6 is 0 Å². The summed E-state index contributed by atoms with van der Waals surface area (Å²) in [6.07, 6.45) is 2.41. The van der Waals surface area contributed by atoms with Gasteiger partial charge in [-0.05, 0) is 42.7 Å². The molecule has 2 aromatic carbocycles. The Labute approximate surface area is 158 Å². The van der Waals surface area contributed by atoms with E-state index in [0.717, 1.165) is 23.8 Å². The van der Waals surface area contributed by atoms with E-state index in [1.807, 2.05) is 30.3 Å². The second-order valence-electron chi connectivity index (χ2n) is 6.40. The Morgan fingerprint density at radius 3 is 2.48 bits per heavy atom. The highest BCUT2D eigenvalue weighted by Crippen LogP contribution is 2.20. The number of piperidine rings is 1. The Bertz CT molecular complexity index is 893. The number of halogens is 2. The maximum absolute atomic E-state index is 13.6. The average Bonchev–Trinajstić information content (AvgIpc) is 2.68. The highest BCUT2D eigenvalue weighted by molar-refractivity contribution is 7.92. The van der Waals surface area contributed by atoms with Gasteiger partial charge < -0.3 is 4.74 Å². The van der Waals surface area contributed by atoms with Gasteiger partial charge in [-0.3, -0.25) is 0 Å². The molecule has 2 aromatic rings. The Morgan fingerprint density at radius 2 is 1.78 bits per heavy atom. The lowest BCUT2D eigenvalue weighted by atomic mass is 10.1. The average molecular weight is 393 g/mol. The number of hydrogen-bond donors (Lipinski definition) is 0. The zero-order valence-electron chi connectivity index (χ0n) is 14.7. The van der Waals surface area contributed by atoms with Crippen LogP contribution in [0.3, 0.4) is 0 Å². The van der Waals surface area contributed by atoms with Crippen molar-refractivity contribution in [3.63, 3.8) is 0 Å². The lowest BCUT2D eigenvalue weighted by molar-refractivity contribution is 0.00906. The molecule has 27 heavy (non-hydrogen) atoms. The second kappa shape index (κ2) is 8.73. The van der Waals surface area contributed by atoms with E-state index in [2.05, 4.69) is 0 Å². The third kappa shape index (κ3) is 5.45. The fourth-order valence-electron chi connectivity index (χ4n) is 2.93.